The molecule has 0 radical (unpaired) electrons. The molecular formula is C15H21N3S. The summed E-state index contributed by atoms with van der Waals surface area (Å²) < 4.78 is 0. The van der Waals surface area contributed by atoms with Crippen molar-refractivity contribution in [3.8, 4) is 0 Å². The molecule has 0 aliphatic heterocycles. The van der Waals surface area contributed by atoms with Crippen molar-refractivity contribution >= 4 is 18.2 Å². The Balaban J connectivity index is 2.77. The number of hydrogen-bond acceptors (Lipinski definition) is 4. The number of thiol groups is 1. The van der Waals surface area contributed by atoms with Crippen LogP contribution in [0.4, 0.5) is 0 Å². The van der Waals surface area contributed by atoms with Gasteiger partial charge in [0.05, 0.1) is 0 Å². The van der Waals surface area contributed by atoms with E-state index in [2.05, 4.69) is 48.7 Å². The van der Waals surface area contributed by atoms with Crippen LogP contribution in [-0.4, -0.2) is 7.05 Å². The van der Waals surface area contributed by atoms with Crippen LogP contribution in [0.1, 0.15) is 17.5 Å². The lowest BCUT2D eigenvalue weighted by Gasteiger charge is -2.11. The molecule has 0 heterocycles. The maximum absolute atomic E-state index is 5.35. The molecule has 0 atom stereocenters. The average molecular weight is 275 g/mol. The van der Waals surface area contributed by atoms with Crippen LogP contribution in [0.2, 0.25) is 0 Å². The Morgan fingerprint density at radius 3 is 2.74 bits per heavy atom. The predicted octanol–water partition coefficient (Wildman–Crippen LogP) is 2.60. The highest BCUT2D eigenvalue weighted by molar-refractivity contribution is 7.83. The van der Waals surface area contributed by atoms with Crippen molar-refractivity contribution in [3.05, 3.63) is 65.4 Å². The van der Waals surface area contributed by atoms with Gasteiger partial charge in [-0.15, -0.1) is 12.6 Å². The van der Waals surface area contributed by atoms with E-state index in [1.165, 1.54) is 5.56 Å². The minimum absolute atomic E-state index is 0.628. The first kappa shape index (κ1) is 15.4. The fourth-order valence-corrected chi connectivity index (χ4v) is 1.97. The number of hydrazine groups is 1. The van der Waals surface area contributed by atoms with Crippen molar-refractivity contribution in [2.45, 2.75) is 12.8 Å². The molecule has 19 heavy (non-hydrogen) atoms. The highest BCUT2D eigenvalue weighted by Crippen LogP contribution is 2.20. The summed E-state index contributed by atoms with van der Waals surface area (Å²) in [6, 6.07) is 8.22. The lowest BCUT2D eigenvalue weighted by atomic mass is 10.00. The van der Waals surface area contributed by atoms with Crippen molar-refractivity contribution in [2.24, 2.45) is 5.84 Å². The molecule has 4 N–H and O–H groups in total. The molecule has 1 rings (SSSR count). The van der Waals surface area contributed by atoms with Crippen molar-refractivity contribution in [1.29, 1.82) is 0 Å². The number of allylic oxidation sites excluding steroid dienone is 2. The van der Waals surface area contributed by atoms with E-state index in [0.717, 1.165) is 29.7 Å². The molecule has 0 saturated heterocycles. The van der Waals surface area contributed by atoms with Gasteiger partial charge in [0.15, 0.2) is 0 Å². The molecule has 0 aliphatic carbocycles. The van der Waals surface area contributed by atoms with Crippen LogP contribution in [0.25, 0.3) is 5.57 Å². The summed E-state index contributed by atoms with van der Waals surface area (Å²) in [7, 11) is 1.90. The van der Waals surface area contributed by atoms with E-state index < -0.39 is 0 Å². The van der Waals surface area contributed by atoms with Gasteiger partial charge in [-0.3, -0.25) is 5.84 Å². The van der Waals surface area contributed by atoms with E-state index in [9.17, 15) is 0 Å². The number of nitrogens with two attached hydrogens (primary N) is 1. The Morgan fingerprint density at radius 2 is 2.16 bits per heavy atom. The third-order valence-corrected chi connectivity index (χ3v) is 3.29. The van der Waals surface area contributed by atoms with E-state index in [0.29, 0.717) is 5.70 Å². The number of benzene rings is 1. The molecule has 1 aromatic rings. The van der Waals surface area contributed by atoms with E-state index in [1.807, 2.05) is 19.2 Å². The average Bonchev–Trinajstić information content (AvgIpc) is 2.47. The van der Waals surface area contributed by atoms with E-state index in [4.69, 9.17) is 5.84 Å². The van der Waals surface area contributed by atoms with Gasteiger partial charge in [-0.25, -0.2) is 0 Å². The lowest BCUT2D eigenvalue weighted by molar-refractivity contribution is 0.840. The molecule has 0 amide bonds. The first-order chi connectivity index (χ1) is 9.12. The summed E-state index contributed by atoms with van der Waals surface area (Å²) in [5.41, 5.74) is 7.35. The molecule has 0 unspecified atom stereocenters. The predicted molar refractivity (Wildman–Crippen MR) is 86.4 cm³/mol. The van der Waals surface area contributed by atoms with Gasteiger partial charge in [0, 0.05) is 18.4 Å². The van der Waals surface area contributed by atoms with Crippen LogP contribution in [0, 0.1) is 0 Å². The van der Waals surface area contributed by atoms with Crippen LogP contribution < -0.4 is 16.6 Å². The Bertz CT molecular complexity index is 492. The highest BCUT2D eigenvalue weighted by atomic mass is 32.1. The van der Waals surface area contributed by atoms with Crippen molar-refractivity contribution in [2.75, 3.05) is 7.05 Å². The minimum atomic E-state index is 0.628. The zero-order chi connectivity index (χ0) is 14.3. The molecule has 3 nitrogen and oxygen atoms in total. The normalized spacial score (nSPS) is 11.0. The fraction of sp³-hybridized carbons (Fsp3) is 0.200. The third-order valence-electron chi connectivity index (χ3n) is 2.97. The SMILES string of the molecule is C=C(NN)C(=C)c1cccc(CC/C(=C/S)NC)c1. The minimum Gasteiger partial charge on any atom is -0.391 e. The van der Waals surface area contributed by atoms with Gasteiger partial charge in [-0.05, 0) is 34.9 Å². The second-order valence-corrected chi connectivity index (χ2v) is 4.46. The maximum Gasteiger partial charge on any atom is 0.0485 e. The Labute approximate surface area is 120 Å². The number of aryl methyl sites for hydroxylation is 1. The van der Waals surface area contributed by atoms with Crippen LogP contribution in [0.5, 0.6) is 0 Å². The number of nitrogens with one attached hydrogen (secondary N) is 2. The van der Waals surface area contributed by atoms with Gasteiger partial charge in [0.25, 0.3) is 0 Å². The number of hydrogen-bond donors (Lipinski definition) is 4. The Hall–Kier alpha value is -1.65. The summed E-state index contributed by atoms with van der Waals surface area (Å²) >= 11 is 4.16. The van der Waals surface area contributed by atoms with Gasteiger partial charge < -0.3 is 10.7 Å². The van der Waals surface area contributed by atoms with E-state index >= 15 is 0 Å². The van der Waals surface area contributed by atoms with Gasteiger partial charge in [0.1, 0.15) is 0 Å². The monoisotopic (exact) mass is 275 g/mol. The van der Waals surface area contributed by atoms with Crippen LogP contribution in [-0.2, 0) is 6.42 Å². The fourth-order valence-electron chi connectivity index (χ4n) is 1.71. The summed E-state index contributed by atoms with van der Waals surface area (Å²) in [6.07, 6.45) is 1.86. The summed E-state index contributed by atoms with van der Waals surface area (Å²) in [6.45, 7) is 7.80. The number of rotatable bonds is 7. The zero-order valence-corrected chi connectivity index (χ0v) is 12.1. The maximum atomic E-state index is 5.35. The van der Waals surface area contributed by atoms with Crippen LogP contribution in [0.15, 0.2) is 54.2 Å². The molecule has 102 valence electrons. The zero-order valence-electron chi connectivity index (χ0n) is 11.2. The molecule has 0 bridgehead atoms. The molecule has 0 aliphatic rings. The first-order valence-electron chi connectivity index (χ1n) is 6.07. The topological polar surface area (TPSA) is 50.1 Å². The van der Waals surface area contributed by atoms with Crippen molar-refractivity contribution in [3.63, 3.8) is 0 Å². The Kier molecular flexibility index (Phi) is 6.25. The molecular weight excluding hydrogens is 254 g/mol. The largest absolute Gasteiger partial charge is 0.391 e. The standard InChI is InChI=1S/C15H21N3S/c1-11(12(2)18-16)14-6-4-5-13(9-14)7-8-15(10-19)17-3/h4-6,9-10,17-19H,1-2,7-8,16H2,3H3/b15-10-. The highest BCUT2D eigenvalue weighted by Gasteiger charge is 2.04. The van der Waals surface area contributed by atoms with Crippen molar-refractivity contribution < 1.29 is 0 Å². The van der Waals surface area contributed by atoms with E-state index in [-0.39, 0.29) is 0 Å². The molecule has 0 fully saturated rings. The third kappa shape index (κ3) is 4.50. The second-order valence-electron chi connectivity index (χ2n) is 4.21. The molecule has 4 heteroatoms. The summed E-state index contributed by atoms with van der Waals surface area (Å²) in [5.74, 6) is 5.35. The van der Waals surface area contributed by atoms with Gasteiger partial charge in [0.2, 0.25) is 0 Å². The molecule has 1 aromatic carbocycles. The molecule has 0 aromatic heterocycles. The van der Waals surface area contributed by atoms with Crippen LogP contribution >= 0.6 is 12.6 Å². The van der Waals surface area contributed by atoms with Gasteiger partial charge >= 0.3 is 0 Å². The smallest absolute Gasteiger partial charge is 0.0485 e. The first-order valence-corrected chi connectivity index (χ1v) is 6.59. The van der Waals surface area contributed by atoms with Crippen LogP contribution in [0.3, 0.4) is 0 Å². The summed E-state index contributed by atoms with van der Waals surface area (Å²) in [4.78, 5) is 0. The summed E-state index contributed by atoms with van der Waals surface area (Å²) in [5, 5.41) is 4.91. The van der Waals surface area contributed by atoms with E-state index in [1.54, 1.807) is 5.41 Å². The Morgan fingerprint density at radius 1 is 1.42 bits per heavy atom. The van der Waals surface area contributed by atoms with Gasteiger partial charge in [-0.1, -0.05) is 37.4 Å². The quantitative estimate of drug-likeness (QED) is 0.268. The van der Waals surface area contributed by atoms with Gasteiger partial charge in [-0.2, -0.15) is 0 Å². The van der Waals surface area contributed by atoms with Crippen molar-refractivity contribution in [1.82, 2.24) is 10.7 Å². The molecule has 0 saturated carbocycles. The molecule has 0 spiro atoms. The lowest BCUT2D eigenvalue weighted by Crippen LogP contribution is -2.20. The second kappa shape index (κ2) is 7.71.